The number of nitrogen functional groups attached to an aromatic ring is 1. The summed E-state index contributed by atoms with van der Waals surface area (Å²) in [5, 5.41) is 7.21. The summed E-state index contributed by atoms with van der Waals surface area (Å²) in [7, 11) is 1.85. The lowest BCUT2D eigenvalue weighted by Gasteiger charge is -2.04. The maximum Gasteiger partial charge on any atom is 0.129 e. The number of halogens is 1. The van der Waals surface area contributed by atoms with Gasteiger partial charge in [0.15, 0.2) is 0 Å². The number of thiophene rings is 1. The van der Waals surface area contributed by atoms with Crippen LogP contribution in [0.3, 0.4) is 0 Å². The van der Waals surface area contributed by atoms with Crippen molar-refractivity contribution in [1.29, 1.82) is 0 Å². The highest BCUT2D eigenvalue weighted by molar-refractivity contribution is 7.14. The van der Waals surface area contributed by atoms with E-state index in [2.05, 4.69) is 24.2 Å². The van der Waals surface area contributed by atoms with Gasteiger partial charge in [-0.05, 0) is 23.9 Å². The zero-order valence-corrected chi connectivity index (χ0v) is 12.8. The van der Waals surface area contributed by atoms with Crippen molar-refractivity contribution >= 4 is 28.8 Å². The predicted molar refractivity (Wildman–Crippen MR) is 86.1 cm³/mol. The van der Waals surface area contributed by atoms with Crippen LogP contribution in [-0.4, -0.2) is 9.78 Å². The molecule has 0 aliphatic rings. The Kier molecular flexibility index (Phi) is 3.28. The van der Waals surface area contributed by atoms with Gasteiger partial charge in [0.25, 0.3) is 0 Å². The normalized spacial score (nSPS) is 10.9. The number of anilines is 1. The second-order valence-corrected chi connectivity index (χ2v) is 6.02. The van der Waals surface area contributed by atoms with Crippen LogP contribution in [0.4, 0.5) is 5.82 Å². The number of hydrogen-bond acceptors (Lipinski definition) is 3. The van der Waals surface area contributed by atoms with Gasteiger partial charge in [-0.1, -0.05) is 41.4 Å². The molecule has 0 spiro atoms. The van der Waals surface area contributed by atoms with Gasteiger partial charge in [0.1, 0.15) is 11.5 Å². The summed E-state index contributed by atoms with van der Waals surface area (Å²) < 4.78 is 1.70. The maximum atomic E-state index is 6.25. The number of aryl methyl sites for hydroxylation is 2. The Morgan fingerprint density at radius 1 is 1.30 bits per heavy atom. The van der Waals surface area contributed by atoms with Gasteiger partial charge in [-0.15, -0.1) is 11.3 Å². The minimum Gasteiger partial charge on any atom is -0.383 e. The molecule has 3 rings (SSSR count). The summed E-state index contributed by atoms with van der Waals surface area (Å²) in [4.78, 5) is 0.954. The lowest BCUT2D eigenvalue weighted by Crippen LogP contribution is -1.98. The fourth-order valence-electron chi connectivity index (χ4n) is 2.24. The van der Waals surface area contributed by atoms with E-state index < -0.39 is 0 Å². The Labute approximate surface area is 126 Å². The van der Waals surface area contributed by atoms with E-state index in [0.29, 0.717) is 10.8 Å². The minimum atomic E-state index is 0.648. The first kappa shape index (κ1) is 13.2. The molecule has 3 aromatic rings. The standard InChI is InChI=1S/C15H14ClN3S/c1-9-4-3-5-10(8-9)12-13(18-19(2)15(12)17)14-11(16)6-7-20-14/h3-8H,17H2,1-2H3. The first-order valence-corrected chi connectivity index (χ1v) is 7.46. The van der Waals surface area contributed by atoms with Gasteiger partial charge in [-0.25, -0.2) is 0 Å². The van der Waals surface area contributed by atoms with Crippen molar-refractivity contribution in [2.24, 2.45) is 7.05 Å². The van der Waals surface area contributed by atoms with Crippen LogP contribution in [0.5, 0.6) is 0 Å². The van der Waals surface area contributed by atoms with Crippen molar-refractivity contribution < 1.29 is 0 Å². The molecule has 0 aliphatic carbocycles. The van der Waals surface area contributed by atoms with Gasteiger partial charge >= 0.3 is 0 Å². The molecule has 2 aromatic heterocycles. The van der Waals surface area contributed by atoms with Gasteiger partial charge in [0, 0.05) is 7.05 Å². The van der Waals surface area contributed by atoms with Gasteiger partial charge in [-0.2, -0.15) is 5.10 Å². The Morgan fingerprint density at radius 2 is 2.10 bits per heavy atom. The molecule has 2 N–H and O–H groups in total. The second-order valence-electron chi connectivity index (χ2n) is 4.70. The van der Waals surface area contributed by atoms with Crippen LogP contribution in [-0.2, 0) is 7.05 Å². The van der Waals surface area contributed by atoms with E-state index in [0.717, 1.165) is 21.7 Å². The molecule has 5 heteroatoms. The predicted octanol–water partition coefficient (Wildman–Crippen LogP) is 4.36. The quantitative estimate of drug-likeness (QED) is 0.764. The third-order valence-electron chi connectivity index (χ3n) is 3.23. The third kappa shape index (κ3) is 2.11. The van der Waals surface area contributed by atoms with Crippen LogP contribution in [0.25, 0.3) is 21.7 Å². The van der Waals surface area contributed by atoms with Gasteiger partial charge in [-0.3, -0.25) is 4.68 Å². The fourth-order valence-corrected chi connectivity index (χ4v) is 3.38. The number of benzene rings is 1. The highest BCUT2D eigenvalue weighted by atomic mass is 35.5. The zero-order valence-electron chi connectivity index (χ0n) is 11.2. The number of aromatic nitrogens is 2. The average molecular weight is 304 g/mol. The molecule has 0 radical (unpaired) electrons. The molecule has 0 bridgehead atoms. The van der Waals surface area contributed by atoms with Gasteiger partial charge in [0.05, 0.1) is 15.5 Å². The summed E-state index contributed by atoms with van der Waals surface area (Å²) >= 11 is 7.82. The van der Waals surface area contributed by atoms with E-state index in [9.17, 15) is 0 Å². The van der Waals surface area contributed by atoms with Crippen molar-refractivity contribution in [2.75, 3.05) is 5.73 Å². The number of rotatable bonds is 2. The monoisotopic (exact) mass is 303 g/mol. The molecule has 102 valence electrons. The third-order valence-corrected chi connectivity index (χ3v) is 4.58. The molecule has 1 aromatic carbocycles. The lowest BCUT2D eigenvalue weighted by atomic mass is 10.0. The summed E-state index contributed by atoms with van der Waals surface area (Å²) in [6.07, 6.45) is 0. The average Bonchev–Trinajstić information content (AvgIpc) is 2.94. The van der Waals surface area contributed by atoms with Crippen LogP contribution in [0.1, 0.15) is 5.56 Å². The first-order chi connectivity index (χ1) is 9.58. The molecular formula is C15H14ClN3S. The smallest absolute Gasteiger partial charge is 0.129 e. The highest BCUT2D eigenvalue weighted by Gasteiger charge is 2.20. The molecule has 2 heterocycles. The Bertz CT molecular complexity index is 773. The maximum absolute atomic E-state index is 6.25. The molecule has 20 heavy (non-hydrogen) atoms. The van der Waals surface area contributed by atoms with E-state index in [4.69, 9.17) is 17.3 Å². The van der Waals surface area contributed by atoms with Crippen LogP contribution in [0.15, 0.2) is 35.7 Å². The summed E-state index contributed by atoms with van der Waals surface area (Å²) in [5.74, 6) is 0.648. The summed E-state index contributed by atoms with van der Waals surface area (Å²) in [5.41, 5.74) is 10.2. The van der Waals surface area contributed by atoms with Gasteiger partial charge in [0.2, 0.25) is 0 Å². The van der Waals surface area contributed by atoms with Crippen LogP contribution in [0.2, 0.25) is 5.02 Å². The van der Waals surface area contributed by atoms with Crippen molar-refractivity contribution in [3.63, 3.8) is 0 Å². The molecule has 0 aliphatic heterocycles. The molecule has 0 unspecified atom stereocenters. The molecule has 0 atom stereocenters. The van der Waals surface area contributed by atoms with E-state index in [-0.39, 0.29) is 0 Å². The Hall–Kier alpha value is -1.78. The van der Waals surface area contributed by atoms with Crippen LogP contribution >= 0.6 is 22.9 Å². The molecular weight excluding hydrogens is 290 g/mol. The summed E-state index contributed by atoms with van der Waals surface area (Å²) in [6, 6.07) is 10.1. The molecule has 0 saturated heterocycles. The van der Waals surface area contributed by atoms with Crippen molar-refractivity contribution in [3.05, 3.63) is 46.3 Å². The lowest BCUT2D eigenvalue weighted by molar-refractivity contribution is 0.783. The van der Waals surface area contributed by atoms with E-state index >= 15 is 0 Å². The van der Waals surface area contributed by atoms with E-state index in [1.165, 1.54) is 5.56 Å². The second kappa shape index (κ2) is 4.96. The zero-order chi connectivity index (χ0) is 14.3. The molecule has 0 fully saturated rings. The van der Waals surface area contributed by atoms with Crippen molar-refractivity contribution in [3.8, 4) is 21.7 Å². The van der Waals surface area contributed by atoms with E-state index in [1.807, 2.05) is 30.6 Å². The Morgan fingerprint density at radius 3 is 2.75 bits per heavy atom. The molecule has 3 nitrogen and oxygen atoms in total. The minimum absolute atomic E-state index is 0.648. The molecule has 0 saturated carbocycles. The van der Waals surface area contributed by atoms with E-state index in [1.54, 1.807) is 16.0 Å². The topological polar surface area (TPSA) is 43.8 Å². The fraction of sp³-hybridized carbons (Fsp3) is 0.133. The van der Waals surface area contributed by atoms with Crippen LogP contribution in [0, 0.1) is 6.92 Å². The first-order valence-electron chi connectivity index (χ1n) is 6.21. The van der Waals surface area contributed by atoms with Crippen molar-refractivity contribution in [1.82, 2.24) is 9.78 Å². The van der Waals surface area contributed by atoms with Crippen molar-refractivity contribution in [2.45, 2.75) is 6.92 Å². The summed E-state index contributed by atoms with van der Waals surface area (Å²) in [6.45, 7) is 2.06. The largest absolute Gasteiger partial charge is 0.383 e. The number of hydrogen-bond donors (Lipinski definition) is 1. The number of nitrogens with zero attached hydrogens (tertiary/aromatic N) is 2. The Balaban J connectivity index is 2.28. The van der Waals surface area contributed by atoms with Gasteiger partial charge < -0.3 is 5.73 Å². The van der Waals surface area contributed by atoms with Crippen LogP contribution < -0.4 is 5.73 Å². The SMILES string of the molecule is Cc1cccc(-c2c(-c3sccc3Cl)nn(C)c2N)c1. The number of nitrogens with two attached hydrogens (primary N) is 1. The molecule has 0 amide bonds. The highest BCUT2D eigenvalue weighted by Crippen LogP contribution is 2.41.